The Morgan fingerprint density at radius 3 is 2.00 bits per heavy atom. The molecule has 56 valence electrons. The molecule has 0 heterocycles. The molecule has 9 heavy (non-hydrogen) atoms. The van der Waals surface area contributed by atoms with Gasteiger partial charge in [-0.2, -0.15) is 14.7 Å². The van der Waals surface area contributed by atoms with E-state index in [4.69, 9.17) is 19.6 Å². The van der Waals surface area contributed by atoms with Crippen molar-refractivity contribution >= 4 is 16.5 Å². The van der Waals surface area contributed by atoms with Crippen molar-refractivity contribution < 1.29 is 23.9 Å². The first-order chi connectivity index (χ1) is 3.95. The molecule has 0 aliphatic heterocycles. The normalized spacial score (nSPS) is 15.7. The van der Waals surface area contributed by atoms with E-state index in [1.807, 2.05) is 0 Å². The van der Waals surface area contributed by atoms with Gasteiger partial charge in [-0.15, -0.1) is 4.31 Å². The molecule has 1 atom stereocenters. The Bertz CT molecular complexity index is 79.5. The van der Waals surface area contributed by atoms with E-state index in [2.05, 4.69) is 4.31 Å². The molecule has 0 radical (unpaired) electrons. The fourth-order valence-corrected chi connectivity index (χ4v) is 1.66. The molecule has 7 heteroatoms. The SMILES string of the molecule is CCP(O)O[P+](O)(O)O. The average Bonchev–Trinajstić information content (AvgIpc) is 1.62. The summed E-state index contributed by atoms with van der Waals surface area (Å²) in [5.74, 6) is 0. The minimum absolute atomic E-state index is 0.263. The third kappa shape index (κ3) is 6.55. The molecule has 4 N–H and O–H groups in total. The minimum atomic E-state index is -4.21. The van der Waals surface area contributed by atoms with E-state index < -0.39 is 16.5 Å². The van der Waals surface area contributed by atoms with Crippen LogP contribution in [-0.4, -0.2) is 25.7 Å². The van der Waals surface area contributed by atoms with E-state index in [0.29, 0.717) is 0 Å². The first-order valence-corrected chi connectivity index (χ1v) is 5.15. The summed E-state index contributed by atoms with van der Waals surface area (Å²) in [7, 11) is -6.08. The highest BCUT2D eigenvalue weighted by atomic mass is 31.3. The molecule has 0 saturated carbocycles. The van der Waals surface area contributed by atoms with Crippen molar-refractivity contribution in [2.45, 2.75) is 6.92 Å². The molecule has 0 fully saturated rings. The van der Waals surface area contributed by atoms with Crippen LogP contribution in [0.25, 0.3) is 0 Å². The first-order valence-electron chi connectivity index (χ1n) is 2.19. The summed E-state index contributed by atoms with van der Waals surface area (Å²) in [5, 5.41) is 0. The lowest BCUT2D eigenvalue weighted by Crippen LogP contribution is -1.91. The molecule has 0 aromatic carbocycles. The molecule has 5 nitrogen and oxygen atoms in total. The molecule has 0 amide bonds. The van der Waals surface area contributed by atoms with Gasteiger partial charge in [-0.25, -0.2) is 0 Å². The average molecular weight is 175 g/mol. The van der Waals surface area contributed by atoms with Crippen LogP contribution in [0.3, 0.4) is 0 Å². The molecule has 0 aromatic heterocycles. The van der Waals surface area contributed by atoms with Crippen LogP contribution < -0.4 is 0 Å². The molecular formula is C2H9O5P2+. The van der Waals surface area contributed by atoms with Crippen LogP contribution in [0, 0.1) is 0 Å². The summed E-state index contributed by atoms with van der Waals surface area (Å²) in [4.78, 5) is 33.1. The van der Waals surface area contributed by atoms with Gasteiger partial charge in [-0.05, 0) is 0 Å². The lowest BCUT2D eigenvalue weighted by molar-refractivity contribution is 0.238. The van der Waals surface area contributed by atoms with Crippen LogP contribution in [0.4, 0.5) is 0 Å². The maximum atomic E-state index is 8.58. The van der Waals surface area contributed by atoms with Crippen LogP contribution in [0.5, 0.6) is 0 Å². The molecule has 1 unspecified atom stereocenters. The second kappa shape index (κ2) is 3.74. The quantitative estimate of drug-likeness (QED) is 0.452. The van der Waals surface area contributed by atoms with Gasteiger partial charge < -0.3 is 4.89 Å². The zero-order chi connectivity index (χ0) is 7.49. The van der Waals surface area contributed by atoms with E-state index in [-0.39, 0.29) is 6.16 Å². The molecule has 0 aliphatic rings. The molecule has 0 aromatic rings. The standard InChI is InChI=1S/C2H9O5P2/c1-2-8(3)7-9(4,5)6/h3-6H,2H2,1H3/q+1. The monoisotopic (exact) mass is 175 g/mol. The van der Waals surface area contributed by atoms with Crippen molar-refractivity contribution in [1.82, 2.24) is 0 Å². The van der Waals surface area contributed by atoms with Gasteiger partial charge in [0.05, 0.1) is 0 Å². The van der Waals surface area contributed by atoms with Crippen LogP contribution in [0.2, 0.25) is 0 Å². The largest absolute Gasteiger partial charge is 0.572 e. The van der Waals surface area contributed by atoms with Crippen LogP contribution in [-0.2, 0) is 4.31 Å². The predicted octanol–water partition coefficient (Wildman–Crippen LogP) is -0.0184. The maximum absolute atomic E-state index is 8.58. The highest BCUT2D eigenvalue weighted by Gasteiger charge is 2.36. The van der Waals surface area contributed by atoms with Gasteiger partial charge in [0.2, 0.25) is 8.38 Å². The summed E-state index contributed by atoms with van der Waals surface area (Å²) in [6.07, 6.45) is 0.263. The van der Waals surface area contributed by atoms with Gasteiger partial charge in [-0.1, -0.05) is 6.92 Å². The van der Waals surface area contributed by atoms with Crippen LogP contribution in [0.15, 0.2) is 0 Å². The maximum Gasteiger partial charge on any atom is 0.572 e. The Morgan fingerprint density at radius 1 is 1.44 bits per heavy atom. The van der Waals surface area contributed by atoms with Gasteiger partial charge >= 0.3 is 8.17 Å². The van der Waals surface area contributed by atoms with E-state index in [0.717, 1.165) is 0 Å². The van der Waals surface area contributed by atoms with Crippen LogP contribution >= 0.6 is 16.5 Å². The van der Waals surface area contributed by atoms with Gasteiger partial charge in [0.1, 0.15) is 0 Å². The Labute approximate surface area is 54.5 Å². The number of hydrogen-bond acceptors (Lipinski definition) is 5. The summed E-state index contributed by atoms with van der Waals surface area (Å²) >= 11 is 0. The predicted molar refractivity (Wildman–Crippen MR) is 34.3 cm³/mol. The third-order valence-corrected chi connectivity index (χ3v) is 2.65. The number of hydrogen-bond donors (Lipinski definition) is 4. The Hall–Kier alpha value is 0.660. The lowest BCUT2D eigenvalue weighted by Gasteiger charge is -2.04. The molecular weight excluding hydrogens is 166 g/mol. The molecule has 0 aliphatic carbocycles. The fourth-order valence-electron chi connectivity index (χ4n) is 0.184. The van der Waals surface area contributed by atoms with Crippen LogP contribution in [0.1, 0.15) is 6.92 Å². The smallest absolute Gasteiger partial charge is 0.347 e. The van der Waals surface area contributed by atoms with Gasteiger partial charge in [0, 0.05) is 6.16 Å². The molecule has 0 spiro atoms. The van der Waals surface area contributed by atoms with E-state index in [9.17, 15) is 0 Å². The zero-order valence-electron chi connectivity index (χ0n) is 4.80. The topological polar surface area (TPSA) is 90.2 Å². The van der Waals surface area contributed by atoms with Gasteiger partial charge in [-0.3, -0.25) is 0 Å². The van der Waals surface area contributed by atoms with Gasteiger partial charge in [0.25, 0.3) is 0 Å². The molecule has 0 saturated heterocycles. The third-order valence-electron chi connectivity index (χ3n) is 0.474. The first kappa shape index (κ1) is 9.66. The van der Waals surface area contributed by atoms with Gasteiger partial charge in [0.15, 0.2) is 0 Å². The Balaban J connectivity index is 3.47. The number of rotatable bonds is 3. The summed E-state index contributed by atoms with van der Waals surface area (Å²) in [6, 6.07) is 0. The molecule has 0 bridgehead atoms. The zero-order valence-corrected chi connectivity index (χ0v) is 6.59. The second-order valence-electron chi connectivity index (χ2n) is 1.26. The van der Waals surface area contributed by atoms with Crippen molar-refractivity contribution in [1.29, 1.82) is 0 Å². The fraction of sp³-hybridized carbons (Fsp3) is 1.00. The van der Waals surface area contributed by atoms with E-state index in [1.165, 1.54) is 0 Å². The van der Waals surface area contributed by atoms with E-state index in [1.54, 1.807) is 6.92 Å². The second-order valence-corrected chi connectivity index (χ2v) is 4.28. The minimum Gasteiger partial charge on any atom is -0.347 e. The lowest BCUT2D eigenvalue weighted by atomic mass is 11.0. The van der Waals surface area contributed by atoms with Crippen molar-refractivity contribution in [2.75, 3.05) is 6.16 Å². The Morgan fingerprint density at radius 2 is 1.89 bits per heavy atom. The molecule has 0 rings (SSSR count). The Kier molecular flexibility index (Phi) is 4.01. The van der Waals surface area contributed by atoms with Crippen molar-refractivity contribution in [3.8, 4) is 0 Å². The van der Waals surface area contributed by atoms with Crippen molar-refractivity contribution in [3.05, 3.63) is 0 Å². The highest BCUT2D eigenvalue weighted by Crippen LogP contribution is 2.56. The van der Waals surface area contributed by atoms with Crippen molar-refractivity contribution in [3.63, 3.8) is 0 Å². The summed E-state index contributed by atoms with van der Waals surface area (Å²) < 4.78 is 3.98. The highest BCUT2D eigenvalue weighted by molar-refractivity contribution is 7.63. The van der Waals surface area contributed by atoms with E-state index >= 15 is 0 Å². The summed E-state index contributed by atoms with van der Waals surface area (Å²) in [6.45, 7) is 1.60. The summed E-state index contributed by atoms with van der Waals surface area (Å²) in [5.41, 5.74) is 0. The van der Waals surface area contributed by atoms with Crippen molar-refractivity contribution in [2.24, 2.45) is 0 Å².